The van der Waals surface area contributed by atoms with Gasteiger partial charge in [0.25, 0.3) is 0 Å². The van der Waals surface area contributed by atoms with Gasteiger partial charge in [0.05, 0.1) is 18.8 Å². The molecule has 9 nitrogen and oxygen atoms in total. The normalized spacial score (nSPS) is 27.7. The Balaban J connectivity index is 1.14. The van der Waals surface area contributed by atoms with Crippen LogP contribution >= 0.6 is 0 Å². The molecule has 4 fully saturated rings. The van der Waals surface area contributed by atoms with E-state index in [1.54, 1.807) is 24.3 Å². The summed E-state index contributed by atoms with van der Waals surface area (Å²) in [4.78, 5) is 30.4. The van der Waals surface area contributed by atoms with Crippen LogP contribution in [0.5, 0.6) is 0 Å². The van der Waals surface area contributed by atoms with Crippen molar-refractivity contribution in [2.75, 3.05) is 44.6 Å². The van der Waals surface area contributed by atoms with Gasteiger partial charge < -0.3 is 29.7 Å². The van der Waals surface area contributed by atoms with Crippen LogP contribution in [-0.4, -0.2) is 95.3 Å². The molecule has 2 N–H and O–H groups in total. The van der Waals surface area contributed by atoms with Gasteiger partial charge >= 0.3 is 12.1 Å². The third-order valence-corrected chi connectivity index (χ3v) is 9.73. The van der Waals surface area contributed by atoms with Crippen molar-refractivity contribution in [1.82, 2.24) is 14.7 Å². The van der Waals surface area contributed by atoms with Gasteiger partial charge in [0.1, 0.15) is 6.04 Å². The van der Waals surface area contributed by atoms with Crippen LogP contribution in [0.15, 0.2) is 48.5 Å². The van der Waals surface area contributed by atoms with E-state index in [0.717, 1.165) is 36.3 Å². The largest absolute Gasteiger partial charge is 0.471 e. The molecule has 250 valence electrons. The number of ether oxygens (including phenoxy) is 2. The number of benzene rings is 2. The summed E-state index contributed by atoms with van der Waals surface area (Å²) in [5, 5.41) is 12.2. The number of nitrogens with zero attached hydrogens (tertiary/aromatic N) is 3. The number of nitrogens with one attached hydrogen (secondary N) is 1. The first kappa shape index (κ1) is 32.9. The van der Waals surface area contributed by atoms with Gasteiger partial charge in [0.15, 0.2) is 6.29 Å². The molecule has 46 heavy (non-hydrogen) atoms. The molecule has 5 atom stereocenters. The molecule has 2 aromatic rings. The van der Waals surface area contributed by atoms with Crippen LogP contribution in [-0.2, 0) is 25.7 Å². The van der Waals surface area contributed by atoms with Crippen LogP contribution in [0.3, 0.4) is 0 Å². The molecule has 6 rings (SSSR count). The molecule has 0 radical (unpaired) electrons. The average Bonchev–Trinajstić information content (AvgIpc) is 3.84. The number of aliphatic hydroxyl groups excluding tert-OH is 1. The summed E-state index contributed by atoms with van der Waals surface area (Å²) in [5.41, 5.74) is 2.99. The van der Waals surface area contributed by atoms with Crippen molar-refractivity contribution in [2.24, 2.45) is 0 Å². The zero-order chi connectivity index (χ0) is 32.3. The maximum absolute atomic E-state index is 13.0. The van der Waals surface area contributed by atoms with E-state index in [9.17, 15) is 27.9 Å². The molecule has 0 saturated carbocycles. The predicted molar refractivity (Wildman–Crippen MR) is 165 cm³/mol. The molecule has 0 bridgehead atoms. The maximum Gasteiger partial charge on any atom is 0.471 e. The smallest absolute Gasteiger partial charge is 0.392 e. The number of halogens is 3. The highest BCUT2D eigenvalue weighted by Gasteiger charge is 2.47. The Kier molecular flexibility index (Phi) is 10.3. The Bertz CT molecular complexity index is 1340. The maximum atomic E-state index is 13.0. The van der Waals surface area contributed by atoms with Gasteiger partial charge in [-0.3, -0.25) is 14.5 Å². The average molecular weight is 645 g/mol. The number of aliphatic hydroxyl groups is 1. The van der Waals surface area contributed by atoms with Crippen molar-refractivity contribution in [3.63, 3.8) is 0 Å². The van der Waals surface area contributed by atoms with Crippen LogP contribution in [0.2, 0.25) is 0 Å². The fourth-order valence-electron chi connectivity index (χ4n) is 7.29. The van der Waals surface area contributed by atoms with Crippen LogP contribution in [0.1, 0.15) is 74.0 Å². The lowest BCUT2D eigenvalue weighted by molar-refractivity contribution is -0.253. The van der Waals surface area contributed by atoms with Crippen LogP contribution in [0.25, 0.3) is 0 Å². The van der Waals surface area contributed by atoms with Crippen LogP contribution in [0, 0.1) is 0 Å². The van der Waals surface area contributed by atoms with E-state index in [1.807, 2.05) is 24.3 Å². The monoisotopic (exact) mass is 644 g/mol. The third kappa shape index (κ3) is 7.74. The fourth-order valence-corrected chi connectivity index (χ4v) is 7.29. The zero-order valence-corrected chi connectivity index (χ0v) is 26.0. The van der Waals surface area contributed by atoms with Gasteiger partial charge in [-0.1, -0.05) is 36.4 Å². The van der Waals surface area contributed by atoms with E-state index in [4.69, 9.17) is 9.47 Å². The number of carbonyl (C=O) groups excluding carboxylic acids is 2. The molecule has 4 aliphatic heterocycles. The number of alkyl halides is 3. The molecular weight excluding hydrogens is 601 g/mol. The number of rotatable bonds is 9. The van der Waals surface area contributed by atoms with Crippen LogP contribution in [0.4, 0.5) is 18.9 Å². The first-order chi connectivity index (χ1) is 22.2. The van der Waals surface area contributed by atoms with Gasteiger partial charge in [0.2, 0.25) is 5.91 Å². The predicted octanol–water partition coefficient (Wildman–Crippen LogP) is 4.78. The lowest BCUT2D eigenvalue weighted by Gasteiger charge is -2.39. The minimum Gasteiger partial charge on any atom is -0.392 e. The third-order valence-electron chi connectivity index (χ3n) is 9.73. The first-order valence-electron chi connectivity index (χ1n) is 16.4. The summed E-state index contributed by atoms with van der Waals surface area (Å²) in [6, 6.07) is 14.0. The molecule has 0 aliphatic carbocycles. The lowest BCUT2D eigenvalue weighted by Crippen LogP contribution is -2.48. The van der Waals surface area contributed by atoms with Crippen molar-refractivity contribution >= 4 is 17.5 Å². The summed E-state index contributed by atoms with van der Waals surface area (Å²) >= 11 is 0. The van der Waals surface area contributed by atoms with E-state index in [1.165, 1.54) is 38.8 Å². The molecule has 2 aromatic carbocycles. The van der Waals surface area contributed by atoms with Gasteiger partial charge in [-0.05, 0) is 81.4 Å². The molecule has 0 spiro atoms. The van der Waals surface area contributed by atoms with Crippen LogP contribution < -0.4 is 5.32 Å². The Hall–Kier alpha value is -3.03. The molecule has 2 amide bonds. The fraction of sp³-hybridized carbons (Fsp3) is 0.588. The van der Waals surface area contributed by atoms with Crippen molar-refractivity contribution in [2.45, 2.75) is 88.3 Å². The second-order valence-corrected chi connectivity index (χ2v) is 12.9. The second kappa shape index (κ2) is 14.4. The molecule has 4 heterocycles. The van der Waals surface area contributed by atoms with Crippen molar-refractivity contribution in [1.29, 1.82) is 0 Å². The number of likely N-dealkylation sites (tertiary alicyclic amines) is 3. The van der Waals surface area contributed by atoms with E-state index in [2.05, 4.69) is 15.1 Å². The number of anilines is 1. The number of amides is 2. The van der Waals surface area contributed by atoms with E-state index in [-0.39, 0.29) is 31.8 Å². The Morgan fingerprint density at radius 1 is 0.848 bits per heavy atom. The highest BCUT2D eigenvalue weighted by molar-refractivity contribution is 5.98. The molecule has 12 heteroatoms. The SMILES string of the molecule is O=C(Nc1ccc([C@H]2O[C@@H](CN3CCC[C@H]3CN3CCCC3)C[C@@H](c3ccc(CO)cc3)O2)cc1)[C@@H]1CCCN1C(=O)C(F)(F)F. The van der Waals surface area contributed by atoms with E-state index in [0.29, 0.717) is 29.5 Å². The summed E-state index contributed by atoms with van der Waals surface area (Å²) in [6.45, 7) is 5.14. The standard InChI is InChI=1S/C34H43F3N4O5/c35-34(36,37)33(44)41-18-4-6-29(41)31(43)38-26-13-11-25(12-14-26)32-45-28(19-30(46-32)24-9-7-23(22-42)8-10-24)21-40-17-3-5-27(40)20-39-15-1-2-16-39/h7-14,27-30,32,42H,1-6,15-22H2,(H,38,43)/t27-,28+,29-,30-,32-/m0/s1. The topological polar surface area (TPSA) is 94.6 Å². The van der Waals surface area contributed by atoms with Gasteiger partial charge in [-0.15, -0.1) is 0 Å². The second-order valence-electron chi connectivity index (χ2n) is 12.9. The quantitative estimate of drug-likeness (QED) is 0.406. The van der Waals surface area contributed by atoms with E-state index < -0.39 is 30.3 Å². The number of carbonyl (C=O) groups is 2. The highest BCUT2D eigenvalue weighted by Crippen LogP contribution is 2.39. The van der Waals surface area contributed by atoms with Crippen molar-refractivity contribution in [3.8, 4) is 0 Å². The Morgan fingerprint density at radius 2 is 1.54 bits per heavy atom. The Morgan fingerprint density at radius 3 is 2.24 bits per heavy atom. The summed E-state index contributed by atoms with van der Waals surface area (Å²) in [7, 11) is 0. The first-order valence-corrected chi connectivity index (χ1v) is 16.4. The van der Waals surface area contributed by atoms with Gasteiger partial charge in [-0.25, -0.2) is 0 Å². The zero-order valence-electron chi connectivity index (χ0n) is 26.0. The molecule has 0 aromatic heterocycles. The minimum absolute atomic E-state index is 0.0339. The summed E-state index contributed by atoms with van der Waals surface area (Å²) < 4.78 is 52.2. The lowest BCUT2D eigenvalue weighted by atomic mass is 9.99. The Labute approximate surface area is 267 Å². The summed E-state index contributed by atoms with van der Waals surface area (Å²) in [5.74, 6) is -2.63. The van der Waals surface area contributed by atoms with Crippen molar-refractivity contribution in [3.05, 3.63) is 65.2 Å². The summed E-state index contributed by atoms with van der Waals surface area (Å²) in [6.07, 6.45) is 0.0914. The molecular formula is C34H43F3N4O5. The number of hydrogen-bond acceptors (Lipinski definition) is 7. The van der Waals surface area contributed by atoms with E-state index >= 15 is 0 Å². The molecule has 0 unspecified atom stereocenters. The minimum atomic E-state index is -5.02. The molecule has 4 saturated heterocycles. The van der Waals surface area contributed by atoms with Gasteiger partial charge in [0, 0.05) is 43.3 Å². The molecule has 4 aliphatic rings. The number of hydrogen-bond donors (Lipinski definition) is 2. The van der Waals surface area contributed by atoms with Crippen molar-refractivity contribution < 1.29 is 37.3 Å². The highest BCUT2D eigenvalue weighted by atomic mass is 19.4. The van der Waals surface area contributed by atoms with Gasteiger partial charge in [-0.2, -0.15) is 13.2 Å².